The molecule has 25 heavy (non-hydrogen) atoms. The third kappa shape index (κ3) is 4.21. The number of hydrogen-bond acceptors (Lipinski definition) is 5. The SMILES string of the molecule is Cc1nc(C(C)N2CCN(CC(N)=O)CC2)oc1-c1ccc(Cl)cc1. The molecule has 1 aliphatic heterocycles. The fraction of sp³-hybridized carbons (Fsp3) is 0.444. The third-order valence-electron chi connectivity index (χ3n) is 4.61. The zero-order valence-corrected chi connectivity index (χ0v) is 15.3. The average Bonchev–Trinajstić information content (AvgIpc) is 2.97. The van der Waals surface area contributed by atoms with E-state index in [1.807, 2.05) is 31.2 Å². The van der Waals surface area contributed by atoms with Gasteiger partial charge in [-0.05, 0) is 38.1 Å². The van der Waals surface area contributed by atoms with Crippen molar-refractivity contribution in [3.05, 3.63) is 40.9 Å². The monoisotopic (exact) mass is 362 g/mol. The van der Waals surface area contributed by atoms with Gasteiger partial charge in [-0.1, -0.05) is 11.6 Å². The summed E-state index contributed by atoms with van der Waals surface area (Å²) in [5.74, 6) is 1.22. The number of hydrogen-bond donors (Lipinski definition) is 1. The molecule has 0 radical (unpaired) electrons. The van der Waals surface area contributed by atoms with E-state index in [1.165, 1.54) is 0 Å². The Morgan fingerprint density at radius 3 is 2.52 bits per heavy atom. The number of amides is 1. The summed E-state index contributed by atoms with van der Waals surface area (Å²) in [5.41, 5.74) is 7.11. The molecule has 134 valence electrons. The largest absolute Gasteiger partial charge is 0.439 e. The zero-order valence-electron chi connectivity index (χ0n) is 14.5. The molecule has 1 fully saturated rings. The van der Waals surface area contributed by atoms with Crippen molar-refractivity contribution in [2.45, 2.75) is 19.9 Å². The second kappa shape index (κ2) is 7.56. The van der Waals surface area contributed by atoms with Gasteiger partial charge >= 0.3 is 0 Å². The van der Waals surface area contributed by atoms with E-state index >= 15 is 0 Å². The first-order chi connectivity index (χ1) is 11.9. The third-order valence-corrected chi connectivity index (χ3v) is 4.86. The van der Waals surface area contributed by atoms with E-state index in [2.05, 4.69) is 21.7 Å². The molecular formula is C18H23ClN4O2. The van der Waals surface area contributed by atoms with Gasteiger partial charge in [-0.3, -0.25) is 14.6 Å². The molecular weight excluding hydrogens is 340 g/mol. The number of carbonyl (C=O) groups is 1. The number of halogens is 1. The number of benzene rings is 1. The number of piperazine rings is 1. The number of nitrogens with two attached hydrogens (primary N) is 1. The maximum Gasteiger partial charge on any atom is 0.231 e. The molecule has 6 nitrogen and oxygen atoms in total. The highest BCUT2D eigenvalue weighted by atomic mass is 35.5. The van der Waals surface area contributed by atoms with Crippen LogP contribution < -0.4 is 5.73 Å². The van der Waals surface area contributed by atoms with Crippen LogP contribution in [0.4, 0.5) is 0 Å². The van der Waals surface area contributed by atoms with Gasteiger partial charge in [0, 0.05) is 36.8 Å². The first-order valence-electron chi connectivity index (χ1n) is 8.42. The van der Waals surface area contributed by atoms with Crippen molar-refractivity contribution in [1.29, 1.82) is 0 Å². The summed E-state index contributed by atoms with van der Waals surface area (Å²) in [7, 11) is 0. The lowest BCUT2D eigenvalue weighted by Crippen LogP contribution is -2.49. The van der Waals surface area contributed by atoms with Crippen molar-refractivity contribution in [3.8, 4) is 11.3 Å². The van der Waals surface area contributed by atoms with Crippen LogP contribution in [0, 0.1) is 6.92 Å². The second-order valence-electron chi connectivity index (χ2n) is 6.43. The first kappa shape index (κ1) is 17.9. The number of carbonyl (C=O) groups excluding carboxylic acids is 1. The van der Waals surface area contributed by atoms with Gasteiger partial charge in [-0.25, -0.2) is 4.98 Å². The lowest BCUT2D eigenvalue weighted by Gasteiger charge is -2.36. The van der Waals surface area contributed by atoms with Gasteiger partial charge in [0.05, 0.1) is 18.3 Å². The molecule has 1 atom stereocenters. The Kier molecular flexibility index (Phi) is 5.42. The molecule has 3 rings (SSSR count). The molecule has 1 aliphatic rings. The maximum absolute atomic E-state index is 11.0. The highest BCUT2D eigenvalue weighted by molar-refractivity contribution is 6.30. The van der Waals surface area contributed by atoms with E-state index in [0.29, 0.717) is 17.5 Å². The van der Waals surface area contributed by atoms with Crippen molar-refractivity contribution in [2.24, 2.45) is 5.73 Å². The molecule has 0 bridgehead atoms. The second-order valence-corrected chi connectivity index (χ2v) is 6.86. The predicted molar refractivity (Wildman–Crippen MR) is 97.3 cm³/mol. The Labute approximate surface area is 152 Å². The van der Waals surface area contributed by atoms with Crippen molar-refractivity contribution in [2.75, 3.05) is 32.7 Å². The van der Waals surface area contributed by atoms with Crippen LogP contribution in [0.1, 0.15) is 24.6 Å². The quantitative estimate of drug-likeness (QED) is 0.884. The van der Waals surface area contributed by atoms with E-state index in [9.17, 15) is 4.79 Å². The number of aryl methyl sites for hydroxylation is 1. The summed E-state index contributed by atoms with van der Waals surface area (Å²) in [5, 5.41) is 0.698. The Bertz CT molecular complexity index is 736. The highest BCUT2D eigenvalue weighted by Gasteiger charge is 2.26. The molecule has 2 heterocycles. The number of aromatic nitrogens is 1. The van der Waals surface area contributed by atoms with Crippen molar-refractivity contribution in [3.63, 3.8) is 0 Å². The van der Waals surface area contributed by atoms with Crippen LogP contribution in [0.25, 0.3) is 11.3 Å². The number of oxazole rings is 1. The molecule has 1 aromatic carbocycles. The van der Waals surface area contributed by atoms with Crippen molar-refractivity contribution < 1.29 is 9.21 Å². The van der Waals surface area contributed by atoms with Crippen LogP contribution in [0.2, 0.25) is 5.02 Å². The summed E-state index contributed by atoms with van der Waals surface area (Å²) in [4.78, 5) is 20.0. The van der Waals surface area contributed by atoms with Gasteiger partial charge in [0.25, 0.3) is 0 Å². The zero-order chi connectivity index (χ0) is 18.0. The molecule has 0 spiro atoms. The van der Waals surface area contributed by atoms with Gasteiger partial charge < -0.3 is 10.2 Å². The van der Waals surface area contributed by atoms with Gasteiger partial charge in [-0.15, -0.1) is 0 Å². The molecule has 0 aliphatic carbocycles. The lowest BCUT2D eigenvalue weighted by molar-refractivity contribution is -0.119. The maximum atomic E-state index is 11.0. The molecule has 2 aromatic rings. The van der Waals surface area contributed by atoms with Crippen LogP contribution >= 0.6 is 11.6 Å². The van der Waals surface area contributed by atoms with Gasteiger partial charge in [0.2, 0.25) is 11.8 Å². The van der Waals surface area contributed by atoms with Crippen LogP contribution in [-0.2, 0) is 4.79 Å². The molecule has 1 unspecified atom stereocenters. The van der Waals surface area contributed by atoms with E-state index in [1.54, 1.807) is 0 Å². The molecule has 1 aromatic heterocycles. The van der Waals surface area contributed by atoms with Crippen LogP contribution in [0.3, 0.4) is 0 Å². The predicted octanol–water partition coefficient (Wildman–Crippen LogP) is 2.47. The fourth-order valence-corrected chi connectivity index (χ4v) is 3.28. The van der Waals surface area contributed by atoms with Crippen molar-refractivity contribution >= 4 is 17.5 Å². The van der Waals surface area contributed by atoms with Gasteiger partial charge in [-0.2, -0.15) is 0 Å². The number of primary amides is 1. The van der Waals surface area contributed by atoms with Crippen LogP contribution in [-0.4, -0.2) is 53.4 Å². The first-order valence-corrected chi connectivity index (χ1v) is 8.80. The standard InChI is InChI=1S/C18H23ClN4O2/c1-12-17(14-3-5-15(19)6-4-14)25-18(21-12)13(2)23-9-7-22(8-10-23)11-16(20)24/h3-6,13H,7-11H2,1-2H3,(H2,20,24). The summed E-state index contributed by atoms with van der Waals surface area (Å²) < 4.78 is 6.06. The number of nitrogens with zero attached hydrogens (tertiary/aromatic N) is 3. The minimum Gasteiger partial charge on any atom is -0.439 e. The summed E-state index contributed by atoms with van der Waals surface area (Å²) in [6.45, 7) is 7.71. The van der Waals surface area contributed by atoms with Crippen LogP contribution in [0.5, 0.6) is 0 Å². The summed E-state index contributed by atoms with van der Waals surface area (Å²) >= 11 is 5.95. The lowest BCUT2D eigenvalue weighted by atomic mass is 10.1. The van der Waals surface area contributed by atoms with E-state index in [0.717, 1.165) is 43.2 Å². The van der Waals surface area contributed by atoms with E-state index in [4.69, 9.17) is 21.8 Å². The highest BCUT2D eigenvalue weighted by Crippen LogP contribution is 2.30. The molecule has 7 heteroatoms. The van der Waals surface area contributed by atoms with E-state index in [-0.39, 0.29) is 11.9 Å². The molecule has 1 saturated heterocycles. The smallest absolute Gasteiger partial charge is 0.231 e. The molecule has 0 saturated carbocycles. The molecule has 2 N–H and O–H groups in total. The van der Waals surface area contributed by atoms with Gasteiger partial charge in [0.15, 0.2) is 5.76 Å². The Hall–Kier alpha value is -1.89. The van der Waals surface area contributed by atoms with Gasteiger partial charge in [0.1, 0.15) is 0 Å². The Balaban J connectivity index is 1.69. The molecule has 1 amide bonds. The van der Waals surface area contributed by atoms with Crippen LogP contribution in [0.15, 0.2) is 28.7 Å². The normalized spacial score (nSPS) is 17.6. The Morgan fingerprint density at radius 2 is 1.92 bits per heavy atom. The number of rotatable bonds is 5. The summed E-state index contributed by atoms with van der Waals surface area (Å²) in [6.07, 6.45) is 0. The van der Waals surface area contributed by atoms with Crippen molar-refractivity contribution in [1.82, 2.24) is 14.8 Å². The Morgan fingerprint density at radius 1 is 1.28 bits per heavy atom. The minimum absolute atomic E-state index is 0.0791. The minimum atomic E-state index is -0.280. The topological polar surface area (TPSA) is 75.6 Å². The fourth-order valence-electron chi connectivity index (χ4n) is 3.15. The van der Waals surface area contributed by atoms with E-state index < -0.39 is 0 Å². The average molecular weight is 363 g/mol. The summed E-state index contributed by atoms with van der Waals surface area (Å²) in [6, 6.07) is 7.65.